The van der Waals surface area contributed by atoms with Crippen LogP contribution in [-0.4, -0.2) is 30.7 Å². The Hall–Kier alpha value is -0.670. The van der Waals surface area contributed by atoms with Crippen molar-refractivity contribution in [1.29, 1.82) is 0 Å². The zero-order valence-corrected chi connectivity index (χ0v) is 6.01. The monoisotopic (exact) mass is 148 g/mol. The van der Waals surface area contributed by atoms with Crippen LogP contribution in [0.25, 0.3) is 0 Å². The topological polar surface area (TPSA) is 15.6 Å². The second-order valence-electron chi connectivity index (χ2n) is 2.57. The van der Waals surface area contributed by atoms with Crippen LogP contribution in [0.1, 0.15) is 6.92 Å². The van der Waals surface area contributed by atoms with Gasteiger partial charge in [0.05, 0.1) is 0 Å². The fraction of sp³-hybridized carbons (Fsp3) is 0.833. The van der Waals surface area contributed by atoms with Gasteiger partial charge in [-0.2, -0.15) is 5.10 Å². The standard InChI is InChI=1S/C6H10F2N2/c1-4-3-10(2)9-5(4)6(7)8/h4,6H,3H2,1-2H3. The Balaban J connectivity index is 2.65. The molecule has 0 amide bonds. The Morgan fingerprint density at radius 3 is 2.50 bits per heavy atom. The van der Waals surface area contributed by atoms with Crippen LogP contribution in [0.15, 0.2) is 5.10 Å². The molecule has 0 aromatic carbocycles. The van der Waals surface area contributed by atoms with E-state index in [1.165, 1.54) is 0 Å². The molecule has 0 fully saturated rings. The third-order valence-electron chi connectivity index (χ3n) is 1.55. The summed E-state index contributed by atoms with van der Waals surface area (Å²) in [6.07, 6.45) is -2.39. The Labute approximate surface area is 58.5 Å². The van der Waals surface area contributed by atoms with Crippen LogP contribution in [0, 0.1) is 5.92 Å². The number of halogens is 2. The molecule has 1 aliphatic rings. The van der Waals surface area contributed by atoms with E-state index in [0.29, 0.717) is 6.54 Å². The van der Waals surface area contributed by atoms with Gasteiger partial charge in [0.25, 0.3) is 6.43 Å². The van der Waals surface area contributed by atoms with Gasteiger partial charge in [0.1, 0.15) is 5.71 Å². The van der Waals surface area contributed by atoms with E-state index in [1.807, 2.05) is 0 Å². The summed E-state index contributed by atoms with van der Waals surface area (Å²) in [7, 11) is 1.70. The van der Waals surface area contributed by atoms with E-state index in [0.717, 1.165) is 0 Å². The fourth-order valence-corrected chi connectivity index (χ4v) is 1.09. The molecular formula is C6H10F2N2. The summed E-state index contributed by atoms with van der Waals surface area (Å²) in [5, 5.41) is 5.22. The predicted molar refractivity (Wildman–Crippen MR) is 35.2 cm³/mol. The molecule has 1 rings (SSSR count). The molecular weight excluding hydrogens is 138 g/mol. The zero-order chi connectivity index (χ0) is 7.72. The largest absolute Gasteiger partial charge is 0.299 e. The number of hydrogen-bond acceptors (Lipinski definition) is 2. The maximum atomic E-state index is 12.0. The molecule has 10 heavy (non-hydrogen) atoms. The van der Waals surface area contributed by atoms with Gasteiger partial charge in [-0.25, -0.2) is 8.78 Å². The van der Waals surface area contributed by atoms with Crippen molar-refractivity contribution in [2.24, 2.45) is 11.0 Å². The number of hydrogen-bond donors (Lipinski definition) is 0. The van der Waals surface area contributed by atoms with E-state index in [9.17, 15) is 8.78 Å². The van der Waals surface area contributed by atoms with Gasteiger partial charge in [-0.15, -0.1) is 0 Å². The van der Waals surface area contributed by atoms with Crippen molar-refractivity contribution in [1.82, 2.24) is 5.01 Å². The van der Waals surface area contributed by atoms with Crippen molar-refractivity contribution >= 4 is 5.71 Å². The summed E-state index contributed by atoms with van der Waals surface area (Å²) in [5.41, 5.74) is 0.0162. The normalized spacial score (nSPS) is 25.9. The predicted octanol–water partition coefficient (Wildman–Crippen LogP) is 1.19. The first-order valence-corrected chi connectivity index (χ1v) is 3.19. The molecule has 0 saturated heterocycles. The maximum absolute atomic E-state index is 12.0. The first-order valence-electron chi connectivity index (χ1n) is 3.19. The minimum absolute atomic E-state index is 0.0162. The number of alkyl halides is 2. The molecule has 1 aliphatic heterocycles. The Morgan fingerprint density at radius 2 is 2.30 bits per heavy atom. The highest BCUT2D eigenvalue weighted by Gasteiger charge is 2.26. The van der Waals surface area contributed by atoms with Crippen LogP contribution >= 0.6 is 0 Å². The van der Waals surface area contributed by atoms with Crippen molar-refractivity contribution in [3.8, 4) is 0 Å². The summed E-state index contributed by atoms with van der Waals surface area (Å²) in [4.78, 5) is 0. The van der Waals surface area contributed by atoms with Crippen molar-refractivity contribution in [3.63, 3.8) is 0 Å². The van der Waals surface area contributed by atoms with E-state index in [4.69, 9.17) is 0 Å². The smallest absolute Gasteiger partial charge is 0.278 e. The quantitative estimate of drug-likeness (QED) is 0.545. The van der Waals surface area contributed by atoms with Crippen LogP contribution < -0.4 is 0 Å². The molecule has 0 N–H and O–H groups in total. The number of nitrogens with zero attached hydrogens (tertiary/aromatic N) is 2. The minimum Gasteiger partial charge on any atom is -0.299 e. The van der Waals surface area contributed by atoms with Gasteiger partial charge in [0, 0.05) is 19.5 Å². The second kappa shape index (κ2) is 2.52. The van der Waals surface area contributed by atoms with E-state index in [1.54, 1.807) is 19.0 Å². The highest BCUT2D eigenvalue weighted by Crippen LogP contribution is 2.15. The zero-order valence-electron chi connectivity index (χ0n) is 6.01. The van der Waals surface area contributed by atoms with Gasteiger partial charge in [-0.05, 0) is 0 Å². The van der Waals surface area contributed by atoms with E-state index in [2.05, 4.69) is 5.10 Å². The van der Waals surface area contributed by atoms with Crippen LogP contribution in [0.5, 0.6) is 0 Å². The Morgan fingerprint density at radius 1 is 1.70 bits per heavy atom. The second-order valence-corrected chi connectivity index (χ2v) is 2.57. The molecule has 0 aromatic rings. The third kappa shape index (κ3) is 1.25. The molecule has 0 aromatic heterocycles. The van der Waals surface area contributed by atoms with Gasteiger partial charge in [0.2, 0.25) is 0 Å². The lowest BCUT2D eigenvalue weighted by Gasteiger charge is -2.04. The van der Waals surface area contributed by atoms with Crippen molar-refractivity contribution in [2.75, 3.05) is 13.6 Å². The van der Waals surface area contributed by atoms with Gasteiger partial charge in [-0.1, -0.05) is 6.92 Å². The first-order chi connectivity index (χ1) is 4.61. The molecule has 0 spiro atoms. The summed E-state index contributed by atoms with van der Waals surface area (Å²) >= 11 is 0. The van der Waals surface area contributed by atoms with Crippen molar-refractivity contribution < 1.29 is 8.78 Å². The van der Waals surface area contributed by atoms with Crippen LogP contribution in [-0.2, 0) is 0 Å². The lowest BCUT2D eigenvalue weighted by molar-refractivity contribution is 0.220. The third-order valence-corrected chi connectivity index (χ3v) is 1.55. The van der Waals surface area contributed by atoms with E-state index in [-0.39, 0.29) is 11.6 Å². The van der Waals surface area contributed by atoms with E-state index < -0.39 is 6.43 Å². The van der Waals surface area contributed by atoms with Gasteiger partial charge >= 0.3 is 0 Å². The SMILES string of the molecule is CC1CN(C)N=C1C(F)F. The molecule has 4 heteroatoms. The first kappa shape index (κ1) is 7.44. The maximum Gasteiger partial charge on any atom is 0.278 e. The molecule has 58 valence electrons. The Kier molecular flexibility index (Phi) is 1.87. The molecule has 0 aliphatic carbocycles. The van der Waals surface area contributed by atoms with Crippen LogP contribution in [0.4, 0.5) is 8.78 Å². The highest BCUT2D eigenvalue weighted by atomic mass is 19.3. The van der Waals surface area contributed by atoms with Crippen LogP contribution in [0.3, 0.4) is 0 Å². The van der Waals surface area contributed by atoms with Crippen molar-refractivity contribution in [3.05, 3.63) is 0 Å². The molecule has 1 heterocycles. The van der Waals surface area contributed by atoms with Gasteiger partial charge in [-0.3, -0.25) is 5.01 Å². The molecule has 0 bridgehead atoms. The van der Waals surface area contributed by atoms with Gasteiger partial charge < -0.3 is 0 Å². The highest BCUT2D eigenvalue weighted by molar-refractivity contribution is 5.90. The molecule has 0 radical (unpaired) electrons. The van der Waals surface area contributed by atoms with Gasteiger partial charge in [0.15, 0.2) is 0 Å². The molecule has 1 atom stereocenters. The summed E-state index contributed by atoms with van der Waals surface area (Å²) in [5.74, 6) is -0.0926. The lowest BCUT2D eigenvalue weighted by Crippen LogP contribution is -2.18. The molecule has 0 saturated carbocycles. The summed E-state index contributed by atoms with van der Waals surface area (Å²) in [6.45, 7) is 2.37. The van der Waals surface area contributed by atoms with E-state index >= 15 is 0 Å². The summed E-state index contributed by atoms with van der Waals surface area (Å²) in [6, 6.07) is 0. The average Bonchev–Trinajstić information content (AvgIpc) is 2.10. The fourth-order valence-electron chi connectivity index (χ4n) is 1.09. The minimum atomic E-state index is -2.39. The average molecular weight is 148 g/mol. The summed E-state index contributed by atoms with van der Waals surface area (Å²) < 4.78 is 24.0. The number of rotatable bonds is 1. The van der Waals surface area contributed by atoms with Crippen LogP contribution in [0.2, 0.25) is 0 Å². The van der Waals surface area contributed by atoms with Crippen molar-refractivity contribution in [2.45, 2.75) is 13.3 Å². The molecule has 2 nitrogen and oxygen atoms in total. The number of hydrazone groups is 1. The molecule has 1 unspecified atom stereocenters. The Bertz CT molecular complexity index is 156. The lowest BCUT2D eigenvalue weighted by atomic mass is 10.1.